The van der Waals surface area contributed by atoms with Gasteiger partial charge in [-0.25, -0.2) is 0 Å². The highest BCUT2D eigenvalue weighted by atomic mass is 16.4. The van der Waals surface area contributed by atoms with Gasteiger partial charge in [0.1, 0.15) is 6.04 Å². The molecule has 1 aliphatic carbocycles. The Morgan fingerprint density at radius 3 is 2.00 bits per heavy atom. The number of rotatable bonds is 8. The molecule has 138 valence electrons. The third kappa shape index (κ3) is 5.49. The number of hydrogen-bond acceptors (Lipinski definition) is 3. The van der Waals surface area contributed by atoms with Gasteiger partial charge in [-0.3, -0.25) is 14.4 Å². The third-order valence-electron chi connectivity index (χ3n) is 4.57. The first-order chi connectivity index (χ1) is 11.0. The monoisotopic (exact) mass is 340 g/mol. The Bertz CT molecular complexity index is 478. The second-order valence-electron chi connectivity index (χ2n) is 8.36. The average molecular weight is 340 g/mol. The molecule has 0 aromatic carbocycles. The van der Waals surface area contributed by atoms with Crippen molar-refractivity contribution in [1.29, 1.82) is 0 Å². The fourth-order valence-corrected chi connectivity index (χ4v) is 3.15. The number of carboxylic acids is 1. The fraction of sp³-hybridized carbons (Fsp3) is 0.833. The van der Waals surface area contributed by atoms with E-state index in [0.717, 1.165) is 12.8 Å². The molecule has 3 atom stereocenters. The summed E-state index contributed by atoms with van der Waals surface area (Å²) in [5.41, 5.74) is -0.462. The summed E-state index contributed by atoms with van der Waals surface area (Å²) in [5.74, 6) is -2.50. The second-order valence-corrected chi connectivity index (χ2v) is 8.36. The van der Waals surface area contributed by atoms with Crippen molar-refractivity contribution in [2.45, 2.75) is 59.9 Å². The van der Waals surface area contributed by atoms with E-state index in [4.69, 9.17) is 0 Å². The van der Waals surface area contributed by atoms with E-state index in [9.17, 15) is 19.5 Å². The number of carbonyl (C=O) groups is 3. The molecule has 3 N–H and O–H groups in total. The Kier molecular flexibility index (Phi) is 6.81. The predicted octanol–water partition coefficient (Wildman–Crippen LogP) is 2.04. The number of aliphatic carboxylic acids is 1. The third-order valence-corrected chi connectivity index (χ3v) is 4.57. The maximum Gasteiger partial charge on any atom is 0.307 e. The minimum Gasteiger partial charge on any atom is -0.481 e. The van der Waals surface area contributed by atoms with Crippen LogP contribution in [-0.2, 0) is 14.4 Å². The van der Waals surface area contributed by atoms with Crippen molar-refractivity contribution in [2.24, 2.45) is 29.1 Å². The standard InChI is InChI=1S/C18H32N2O4/c1-10(2)9-12(13(17(23)24)11-7-8-11)15(21)20-14(16(22)19-6)18(3,4)5/h10-14H,7-9H2,1-6H3,(H,19,22)(H,20,21)(H,23,24). The Morgan fingerprint density at radius 1 is 1.12 bits per heavy atom. The molecule has 0 aromatic rings. The van der Waals surface area contributed by atoms with Crippen LogP contribution in [0.4, 0.5) is 0 Å². The van der Waals surface area contributed by atoms with Crippen LogP contribution in [0, 0.1) is 29.1 Å². The molecule has 0 spiro atoms. The highest BCUT2D eigenvalue weighted by Gasteiger charge is 2.45. The molecule has 3 unspecified atom stereocenters. The molecule has 0 heterocycles. The number of hydrogen-bond donors (Lipinski definition) is 3. The Labute approximate surface area is 144 Å². The van der Waals surface area contributed by atoms with Gasteiger partial charge in [-0.1, -0.05) is 34.6 Å². The summed E-state index contributed by atoms with van der Waals surface area (Å²) in [7, 11) is 1.53. The van der Waals surface area contributed by atoms with Crippen molar-refractivity contribution in [3.63, 3.8) is 0 Å². The zero-order valence-corrected chi connectivity index (χ0v) is 15.7. The Balaban J connectivity index is 3.02. The van der Waals surface area contributed by atoms with Crippen molar-refractivity contribution in [3.8, 4) is 0 Å². The van der Waals surface area contributed by atoms with Gasteiger partial charge in [-0.2, -0.15) is 0 Å². The molecule has 1 fully saturated rings. The maximum absolute atomic E-state index is 12.9. The van der Waals surface area contributed by atoms with E-state index in [0.29, 0.717) is 6.42 Å². The largest absolute Gasteiger partial charge is 0.481 e. The highest BCUT2D eigenvalue weighted by molar-refractivity contribution is 5.91. The Morgan fingerprint density at radius 2 is 1.67 bits per heavy atom. The van der Waals surface area contributed by atoms with E-state index in [2.05, 4.69) is 10.6 Å². The van der Waals surface area contributed by atoms with Crippen LogP contribution in [0.1, 0.15) is 53.9 Å². The summed E-state index contributed by atoms with van der Waals surface area (Å²) in [6, 6.07) is -0.696. The van der Waals surface area contributed by atoms with Crippen LogP contribution in [0.3, 0.4) is 0 Å². The second kappa shape index (κ2) is 7.99. The molecule has 0 radical (unpaired) electrons. The molecule has 0 saturated heterocycles. The zero-order chi connectivity index (χ0) is 18.7. The maximum atomic E-state index is 12.9. The number of likely N-dealkylation sites (N-methyl/N-ethyl adjacent to an activating group) is 1. The lowest BCUT2D eigenvalue weighted by Gasteiger charge is -2.33. The molecule has 1 rings (SSSR count). The number of amides is 2. The summed E-state index contributed by atoms with van der Waals surface area (Å²) in [4.78, 5) is 36.7. The first-order valence-electron chi connectivity index (χ1n) is 8.73. The lowest BCUT2D eigenvalue weighted by Crippen LogP contribution is -2.55. The molecule has 0 aromatic heterocycles. The van der Waals surface area contributed by atoms with Gasteiger partial charge in [0, 0.05) is 7.05 Å². The van der Waals surface area contributed by atoms with E-state index >= 15 is 0 Å². The normalized spacial score (nSPS) is 18.6. The average Bonchev–Trinajstić information content (AvgIpc) is 3.25. The first kappa shape index (κ1) is 20.5. The van der Waals surface area contributed by atoms with E-state index in [1.807, 2.05) is 34.6 Å². The van der Waals surface area contributed by atoms with Gasteiger partial charge < -0.3 is 15.7 Å². The molecule has 1 aliphatic rings. The van der Waals surface area contributed by atoms with Crippen molar-refractivity contribution in [2.75, 3.05) is 7.05 Å². The molecular formula is C18H32N2O4. The zero-order valence-electron chi connectivity index (χ0n) is 15.7. The van der Waals surface area contributed by atoms with E-state index in [1.54, 1.807) is 0 Å². The van der Waals surface area contributed by atoms with Gasteiger partial charge in [0.15, 0.2) is 0 Å². The smallest absolute Gasteiger partial charge is 0.307 e. The summed E-state index contributed by atoms with van der Waals surface area (Å²) in [6.07, 6.45) is 2.22. The SMILES string of the molecule is CNC(=O)C(NC(=O)C(CC(C)C)C(C(=O)O)C1CC1)C(C)(C)C. The molecule has 2 amide bonds. The fourth-order valence-electron chi connectivity index (χ4n) is 3.15. The molecule has 1 saturated carbocycles. The van der Waals surface area contributed by atoms with Crippen LogP contribution in [0.2, 0.25) is 0 Å². The lowest BCUT2D eigenvalue weighted by molar-refractivity contribution is -0.149. The van der Waals surface area contributed by atoms with Crippen molar-refractivity contribution in [1.82, 2.24) is 10.6 Å². The van der Waals surface area contributed by atoms with Crippen LogP contribution in [-0.4, -0.2) is 36.0 Å². The van der Waals surface area contributed by atoms with Crippen LogP contribution >= 0.6 is 0 Å². The molecule has 6 heteroatoms. The van der Waals surface area contributed by atoms with Crippen LogP contribution in [0.15, 0.2) is 0 Å². The van der Waals surface area contributed by atoms with E-state index in [-0.39, 0.29) is 23.7 Å². The van der Waals surface area contributed by atoms with Gasteiger partial charge in [0.05, 0.1) is 11.8 Å². The van der Waals surface area contributed by atoms with Gasteiger partial charge in [-0.15, -0.1) is 0 Å². The highest BCUT2D eigenvalue weighted by Crippen LogP contribution is 2.42. The van der Waals surface area contributed by atoms with Crippen molar-refractivity contribution < 1.29 is 19.5 Å². The minimum absolute atomic E-state index is 0.0742. The number of nitrogens with one attached hydrogen (secondary N) is 2. The van der Waals surface area contributed by atoms with Gasteiger partial charge in [0.25, 0.3) is 0 Å². The molecule has 0 aliphatic heterocycles. The number of carbonyl (C=O) groups excluding carboxylic acids is 2. The molecule has 0 bridgehead atoms. The van der Waals surface area contributed by atoms with Crippen LogP contribution < -0.4 is 10.6 Å². The quantitative estimate of drug-likeness (QED) is 0.630. The van der Waals surface area contributed by atoms with Crippen molar-refractivity contribution in [3.05, 3.63) is 0 Å². The van der Waals surface area contributed by atoms with Gasteiger partial charge in [0.2, 0.25) is 11.8 Å². The van der Waals surface area contributed by atoms with E-state index < -0.39 is 29.3 Å². The summed E-state index contributed by atoms with van der Waals surface area (Å²) < 4.78 is 0. The van der Waals surface area contributed by atoms with Gasteiger partial charge >= 0.3 is 5.97 Å². The van der Waals surface area contributed by atoms with Crippen LogP contribution in [0.5, 0.6) is 0 Å². The lowest BCUT2D eigenvalue weighted by atomic mass is 9.80. The first-order valence-corrected chi connectivity index (χ1v) is 8.73. The predicted molar refractivity (Wildman–Crippen MR) is 92.2 cm³/mol. The molecule has 24 heavy (non-hydrogen) atoms. The van der Waals surface area contributed by atoms with E-state index in [1.165, 1.54) is 7.05 Å². The van der Waals surface area contributed by atoms with Gasteiger partial charge in [-0.05, 0) is 36.5 Å². The summed E-state index contributed by atoms with van der Waals surface area (Å²) >= 11 is 0. The van der Waals surface area contributed by atoms with Crippen LogP contribution in [0.25, 0.3) is 0 Å². The topological polar surface area (TPSA) is 95.5 Å². The Hall–Kier alpha value is -1.59. The number of carboxylic acid groups (broad SMARTS) is 1. The van der Waals surface area contributed by atoms with Crippen molar-refractivity contribution >= 4 is 17.8 Å². The minimum atomic E-state index is -0.912. The summed E-state index contributed by atoms with van der Waals surface area (Å²) in [5, 5.41) is 15.0. The summed E-state index contributed by atoms with van der Waals surface area (Å²) in [6.45, 7) is 9.58. The molecule has 6 nitrogen and oxygen atoms in total. The molecular weight excluding hydrogens is 308 g/mol.